The first kappa shape index (κ1) is 18.5. The van der Waals surface area contributed by atoms with Crippen molar-refractivity contribution in [2.45, 2.75) is 82.6 Å². The lowest BCUT2D eigenvalue weighted by molar-refractivity contribution is -0.0704. The van der Waals surface area contributed by atoms with Crippen LogP contribution in [-0.2, 0) is 16.4 Å². The molecule has 144 valence electrons. The quantitative estimate of drug-likeness (QED) is 0.736. The van der Waals surface area contributed by atoms with Crippen molar-refractivity contribution in [3.63, 3.8) is 0 Å². The SMILES string of the molecule is CCCc1ccc(S(=O)(=O)NC(CC)C23CC4CC(CC(C4)C2)C3)cc1. The molecule has 0 heterocycles. The van der Waals surface area contributed by atoms with E-state index in [2.05, 4.69) is 18.6 Å². The second-order valence-electron chi connectivity index (χ2n) is 9.26. The maximum Gasteiger partial charge on any atom is 0.240 e. The van der Waals surface area contributed by atoms with Crippen molar-refractivity contribution < 1.29 is 8.42 Å². The van der Waals surface area contributed by atoms with Crippen molar-refractivity contribution in [1.29, 1.82) is 0 Å². The summed E-state index contributed by atoms with van der Waals surface area (Å²) in [6.07, 6.45) is 10.8. The summed E-state index contributed by atoms with van der Waals surface area (Å²) >= 11 is 0. The zero-order valence-corrected chi connectivity index (χ0v) is 17.0. The van der Waals surface area contributed by atoms with Crippen LogP contribution in [0.15, 0.2) is 29.2 Å². The normalized spacial score (nSPS) is 34.2. The summed E-state index contributed by atoms with van der Waals surface area (Å²) in [6, 6.07) is 7.56. The van der Waals surface area contributed by atoms with Crippen molar-refractivity contribution in [3.8, 4) is 0 Å². The fourth-order valence-electron chi connectivity index (χ4n) is 6.63. The zero-order valence-electron chi connectivity index (χ0n) is 16.2. The Morgan fingerprint density at radius 2 is 1.54 bits per heavy atom. The van der Waals surface area contributed by atoms with Crippen LogP contribution in [0, 0.1) is 23.2 Å². The molecule has 4 fully saturated rings. The van der Waals surface area contributed by atoms with Crippen molar-refractivity contribution >= 4 is 10.0 Å². The Balaban J connectivity index is 1.54. The maximum absolute atomic E-state index is 13.1. The molecular weight excluding hydrogens is 342 g/mol. The third-order valence-electron chi connectivity index (χ3n) is 7.30. The molecule has 5 rings (SSSR count). The number of hydrogen-bond donors (Lipinski definition) is 1. The van der Waals surface area contributed by atoms with E-state index in [1.54, 1.807) is 12.1 Å². The molecule has 0 aromatic heterocycles. The van der Waals surface area contributed by atoms with Gasteiger partial charge >= 0.3 is 0 Å². The van der Waals surface area contributed by atoms with Gasteiger partial charge in [-0.05, 0) is 92.2 Å². The molecule has 3 nitrogen and oxygen atoms in total. The average molecular weight is 376 g/mol. The Bertz CT molecular complexity index is 703. The minimum absolute atomic E-state index is 0.0798. The number of nitrogens with one attached hydrogen (secondary N) is 1. The molecule has 4 saturated carbocycles. The maximum atomic E-state index is 13.1. The molecule has 0 saturated heterocycles. The zero-order chi connectivity index (χ0) is 18.4. The van der Waals surface area contributed by atoms with Gasteiger partial charge in [0.2, 0.25) is 10.0 Å². The van der Waals surface area contributed by atoms with E-state index in [4.69, 9.17) is 0 Å². The second-order valence-corrected chi connectivity index (χ2v) is 11.0. The lowest BCUT2D eigenvalue weighted by Gasteiger charge is -2.59. The van der Waals surface area contributed by atoms with Crippen molar-refractivity contribution in [1.82, 2.24) is 4.72 Å². The van der Waals surface area contributed by atoms with Gasteiger partial charge in [0.05, 0.1) is 4.90 Å². The molecule has 1 aromatic rings. The van der Waals surface area contributed by atoms with Gasteiger partial charge in [-0.3, -0.25) is 0 Å². The minimum atomic E-state index is -3.45. The van der Waals surface area contributed by atoms with Gasteiger partial charge in [0.25, 0.3) is 0 Å². The summed E-state index contributed by atoms with van der Waals surface area (Å²) in [7, 11) is -3.45. The van der Waals surface area contributed by atoms with Gasteiger partial charge in [-0.2, -0.15) is 0 Å². The Hall–Kier alpha value is -0.870. The highest BCUT2D eigenvalue weighted by Gasteiger charge is 2.54. The molecule has 0 amide bonds. The smallest absolute Gasteiger partial charge is 0.208 e. The summed E-state index contributed by atoms with van der Waals surface area (Å²) in [5, 5.41) is 0. The lowest BCUT2D eigenvalue weighted by Crippen LogP contribution is -2.56. The minimum Gasteiger partial charge on any atom is -0.208 e. The van der Waals surface area contributed by atoms with E-state index in [0.29, 0.717) is 4.90 Å². The van der Waals surface area contributed by atoms with Crippen molar-refractivity contribution in [2.75, 3.05) is 0 Å². The van der Waals surface area contributed by atoms with Gasteiger partial charge in [-0.25, -0.2) is 13.1 Å². The molecule has 1 unspecified atom stereocenters. The Kier molecular flexibility index (Phi) is 4.94. The number of rotatable bonds is 7. The van der Waals surface area contributed by atoms with Crippen LogP contribution in [0.4, 0.5) is 0 Å². The van der Waals surface area contributed by atoms with Gasteiger partial charge in [-0.15, -0.1) is 0 Å². The van der Waals surface area contributed by atoms with E-state index in [-0.39, 0.29) is 11.5 Å². The molecule has 0 radical (unpaired) electrons. The van der Waals surface area contributed by atoms with Crippen molar-refractivity contribution in [3.05, 3.63) is 29.8 Å². The van der Waals surface area contributed by atoms with E-state index in [0.717, 1.165) is 37.0 Å². The Morgan fingerprint density at radius 1 is 1.00 bits per heavy atom. The van der Waals surface area contributed by atoms with E-state index < -0.39 is 10.0 Å². The summed E-state index contributed by atoms with van der Waals surface area (Å²) in [4.78, 5) is 0.417. The molecular formula is C22H33NO2S. The highest BCUT2D eigenvalue weighted by atomic mass is 32.2. The van der Waals surface area contributed by atoms with Crippen LogP contribution in [0.5, 0.6) is 0 Å². The Labute approximate surface area is 159 Å². The molecule has 0 aliphatic heterocycles. The average Bonchev–Trinajstić information content (AvgIpc) is 2.59. The van der Waals surface area contributed by atoms with Crippen LogP contribution in [0.2, 0.25) is 0 Å². The Morgan fingerprint density at radius 3 is 2.00 bits per heavy atom. The van der Waals surface area contributed by atoms with Gasteiger partial charge in [0, 0.05) is 6.04 Å². The molecule has 26 heavy (non-hydrogen) atoms. The second kappa shape index (κ2) is 6.94. The first-order chi connectivity index (χ1) is 12.4. The lowest BCUT2D eigenvalue weighted by atomic mass is 9.47. The summed E-state index contributed by atoms with van der Waals surface area (Å²) in [6.45, 7) is 4.29. The highest BCUT2D eigenvalue weighted by Crippen LogP contribution is 2.61. The predicted octanol–water partition coefficient (Wildman–Crippen LogP) is 4.91. The van der Waals surface area contributed by atoms with E-state index in [9.17, 15) is 8.42 Å². The van der Waals surface area contributed by atoms with Crippen LogP contribution in [0.1, 0.15) is 70.8 Å². The standard InChI is InChI=1S/C22H33NO2S/c1-3-5-16-6-8-20(9-7-16)26(24,25)23-21(4-2)22-13-17-10-18(14-22)12-19(11-17)15-22/h6-9,17-19,21,23H,3-5,10-15H2,1-2H3. The van der Waals surface area contributed by atoms with E-state index >= 15 is 0 Å². The highest BCUT2D eigenvalue weighted by molar-refractivity contribution is 7.89. The first-order valence-electron chi connectivity index (χ1n) is 10.6. The third kappa shape index (κ3) is 3.35. The topological polar surface area (TPSA) is 46.2 Å². The van der Waals surface area contributed by atoms with Crippen molar-refractivity contribution in [2.24, 2.45) is 23.2 Å². The van der Waals surface area contributed by atoms with Crippen LogP contribution < -0.4 is 4.72 Å². The number of benzene rings is 1. The van der Waals surface area contributed by atoms with E-state index in [1.807, 2.05) is 12.1 Å². The summed E-state index contributed by atoms with van der Waals surface area (Å²) < 4.78 is 29.2. The fraction of sp³-hybridized carbons (Fsp3) is 0.727. The molecule has 4 aliphatic rings. The molecule has 1 aromatic carbocycles. The van der Waals surface area contributed by atoms with Gasteiger partial charge in [0.1, 0.15) is 0 Å². The van der Waals surface area contributed by atoms with Gasteiger partial charge in [-0.1, -0.05) is 32.4 Å². The molecule has 0 spiro atoms. The van der Waals surface area contributed by atoms with E-state index in [1.165, 1.54) is 44.1 Å². The van der Waals surface area contributed by atoms with Crippen LogP contribution in [0.25, 0.3) is 0 Å². The number of sulfonamides is 1. The van der Waals surface area contributed by atoms with Crippen LogP contribution >= 0.6 is 0 Å². The number of hydrogen-bond acceptors (Lipinski definition) is 2. The third-order valence-corrected chi connectivity index (χ3v) is 8.79. The number of aryl methyl sites for hydroxylation is 1. The predicted molar refractivity (Wildman–Crippen MR) is 105 cm³/mol. The summed E-state index contributed by atoms with van der Waals surface area (Å²) in [5.41, 5.74) is 1.42. The molecule has 1 N–H and O–H groups in total. The molecule has 1 atom stereocenters. The summed E-state index contributed by atoms with van der Waals surface area (Å²) in [5.74, 6) is 2.52. The largest absolute Gasteiger partial charge is 0.240 e. The molecule has 4 bridgehead atoms. The van der Waals surface area contributed by atoms with Crippen LogP contribution in [0.3, 0.4) is 0 Å². The molecule has 4 heteroatoms. The van der Waals surface area contributed by atoms with Gasteiger partial charge < -0.3 is 0 Å². The van der Waals surface area contributed by atoms with Crippen LogP contribution in [-0.4, -0.2) is 14.5 Å². The first-order valence-corrected chi connectivity index (χ1v) is 12.0. The monoisotopic (exact) mass is 375 g/mol. The molecule has 4 aliphatic carbocycles. The fourth-order valence-corrected chi connectivity index (χ4v) is 8.05. The van der Waals surface area contributed by atoms with Gasteiger partial charge in [0.15, 0.2) is 0 Å².